The van der Waals surface area contributed by atoms with Crippen LogP contribution in [0.2, 0.25) is 0 Å². The number of hydrogen-bond donors (Lipinski definition) is 1. The molecule has 1 heterocycles. The van der Waals surface area contributed by atoms with Gasteiger partial charge in [0.15, 0.2) is 0 Å². The van der Waals surface area contributed by atoms with Gasteiger partial charge in [-0.15, -0.1) is 0 Å². The topological polar surface area (TPSA) is 49.4 Å². The Hall–Kier alpha value is -0.130. The lowest BCUT2D eigenvalue weighted by Crippen LogP contribution is -2.42. The molecule has 0 radical (unpaired) electrons. The van der Waals surface area contributed by atoms with E-state index in [-0.39, 0.29) is 6.04 Å². The Morgan fingerprint density at radius 2 is 1.84 bits per heavy atom. The second-order valence-corrected chi connectivity index (χ2v) is 7.85. The third kappa shape index (κ3) is 5.79. The van der Waals surface area contributed by atoms with E-state index in [0.29, 0.717) is 18.2 Å². The number of piperidine rings is 1. The molecule has 1 aliphatic rings. The van der Waals surface area contributed by atoms with Crippen molar-refractivity contribution in [1.82, 2.24) is 9.62 Å². The van der Waals surface area contributed by atoms with Gasteiger partial charge in [0.1, 0.15) is 0 Å². The van der Waals surface area contributed by atoms with Gasteiger partial charge in [0.05, 0.1) is 5.75 Å². The van der Waals surface area contributed by atoms with Gasteiger partial charge in [-0.1, -0.05) is 19.8 Å². The minimum Gasteiger partial charge on any atom is -0.317 e. The van der Waals surface area contributed by atoms with E-state index in [9.17, 15) is 8.42 Å². The zero-order chi connectivity index (χ0) is 14.3. The van der Waals surface area contributed by atoms with Crippen molar-refractivity contribution in [2.24, 2.45) is 5.92 Å². The summed E-state index contributed by atoms with van der Waals surface area (Å²) in [7, 11) is -3.10. The standard InChI is InChI=1S/C14H30N2O2S/c1-4-5-6-11-16(13(2)3)19(17,18)12-14-7-9-15-10-8-14/h13-15H,4-12H2,1-3H3. The van der Waals surface area contributed by atoms with Gasteiger partial charge in [-0.2, -0.15) is 4.31 Å². The molecule has 1 fully saturated rings. The van der Waals surface area contributed by atoms with Gasteiger partial charge in [-0.25, -0.2) is 8.42 Å². The van der Waals surface area contributed by atoms with Crippen LogP contribution in [0.1, 0.15) is 52.9 Å². The molecule has 0 atom stereocenters. The largest absolute Gasteiger partial charge is 0.317 e. The molecule has 0 amide bonds. The first-order chi connectivity index (χ1) is 8.97. The summed E-state index contributed by atoms with van der Waals surface area (Å²) < 4.78 is 26.8. The van der Waals surface area contributed by atoms with Gasteiger partial charge in [-0.05, 0) is 52.1 Å². The van der Waals surface area contributed by atoms with Crippen LogP contribution in [0.25, 0.3) is 0 Å². The van der Waals surface area contributed by atoms with E-state index in [4.69, 9.17) is 0 Å². The number of nitrogens with one attached hydrogen (secondary N) is 1. The first-order valence-electron chi connectivity index (χ1n) is 7.67. The van der Waals surface area contributed by atoms with Crippen molar-refractivity contribution in [3.05, 3.63) is 0 Å². The van der Waals surface area contributed by atoms with E-state index < -0.39 is 10.0 Å². The molecule has 1 N–H and O–H groups in total. The van der Waals surface area contributed by atoms with Gasteiger partial charge in [0, 0.05) is 12.6 Å². The first kappa shape index (κ1) is 16.9. The normalized spacial score (nSPS) is 18.4. The predicted molar refractivity (Wildman–Crippen MR) is 80.7 cm³/mol. The molecule has 0 aromatic rings. The average Bonchev–Trinajstić information content (AvgIpc) is 2.34. The quantitative estimate of drug-likeness (QED) is 0.697. The van der Waals surface area contributed by atoms with E-state index in [1.807, 2.05) is 13.8 Å². The fourth-order valence-corrected chi connectivity index (χ4v) is 4.85. The molecule has 0 aromatic heterocycles. The lowest BCUT2D eigenvalue weighted by Gasteiger charge is -2.29. The number of rotatable bonds is 8. The summed E-state index contributed by atoms with van der Waals surface area (Å²) in [4.78, 5) is 0. The summed E-state index contributed by atoms with van der Waals surface area (Å²) in [5, 5.41) is 3.29. The van der Waals surface area contributed by atoms with Gasteiger partial charge in [0.2, 0.25) is 10.0 Å². The maximum Gasteiger partial charge on any atom is 0.214 e. The first-order valence-corrected chi connectivity index (χ1v) is 9.28. The number of sulfonamides is 1. The monoisotopic (exact) mass is 290 g/mol. The fraction of sp³-hybridized carbons (Fsp3) is 1.00. The molecule has 0 saturated carbocycles. The second kappa shape index (κ2) is 8.22. The minimum atomic E-state index is -3.10. The van der Waals surface area contributed by atoms with Crippen LogP contribution in [0.5, 0.6) is 0 Å². The smallest absolute Gasteiger partial charge is 0.214 e. The highest BCUT2D eigenvalue weighted by molar-refractivity contribution is 7.89. The highest BCUT2D eigenvalue weighted by atomic mass is 32.2. The molecule has 114 valence electrons. The number of hydrogen-bond acceptors (Lipinski definition) is 3. The van der Waals surface area contributed by atoms with Crippen LogP contribution >= 0.6 is 0 Å². The summed E-state index contributed by atoms with van der Waals surface area (Å²) >= 11 is 0. The Balaban J connectivity index is 2.58. The van der Waals surface area contributed by atoms with E-state index in [2.05, 4.69) is 12.2 Å². The maximum absolute atomic E-state index is 12.5. The van der Waals surface area contributed by atoms with Crippen LogP contribution in [0.15, 0.2) is 0 Å². The summed E-state index contributed by atoms with van der Waals surface area (Å²) in [5.41, 5.74) is 0. The van der Waals surface area contributed by atoms with Crippen molar-refractivity contribution in [2.45, 2.75) is 58.9 Å². The van der Waals surface area contributed by atoms with Crippen LogP contribution in [-0.2, 0) is 10.0 Å². The van der Waals surface area contributed by atoms with Crippen LogP contribution in [0.3, 0.4) is 0 Å². The molecule has 0 aliphatic carbocycles. The molecule has 19 heavy (non-hydrogen) atoms. The summed E-state index contributed by atoms with van der Waals surface area (Å²) in [6.07, 6.45) is 5.17. The molecule has 1 aliphatic heterocycles. The predicted octanol–water partition coefficient (Wildman–Crippen LogP) is 2.22. The van der Waals surface area contributed by atoms with E-state index in [0.717, 1.165) is 45.2 Å². The summed E-state index contributed by atoms with van der Waals surface area (Å²) in [6, 6.07) is 0.0728. The van der Waals surface area contributed by atoms with Gasteiger partial charge < -0.3 is 5.32 Å². The van der Waals surface area contributed by atoms with Crippen LogP contribution in [0.4, 0.5) is 0 Å². The minimum absolute atomic E-state index is 0.0728. The molecule has 0 unspecified atom stereocenters. The molecule has 1 saturated heterocycles. The SMILES string of the molecule is CCCCCN(C(C)C)S(=O)(=O)CC1CCNCC1. The zero-order valence-electron chi connectivity index (χ0n) is 12.7. The van der Waals surface area contributed by atoms with E-state index >= 15 is 0 Å². The van der Waals surface area contributed by atoms with Crippen molar-refractivity contribution in [3.8, 4) is 0 Å². The van der Waals surface area contributed by atoms with Crippen molar-refractivity contribution < 1.29 is 8.42 Å². The fourth-order valence-electron chi connectivity index (χ4n) is 2.68. The Morgan fingerprint density at radius 3 is 2.37 bits per heavy atom. The van der Waals surface area contributed by atoms with Crippen LogP contribution in [-0.4, -0.2) is 44.2 Å². The van der Waals surface area contributed by atoms with Gasteiger partial charge in [0.25, 0.3) is 0 Å². The Labute approximate surface area is 119 Å². The van der Waals surface area contributed by atoms with Gasteiger partial charge >= 0.3 is 0 Å². The van der Waals surface area contributed by atoms with Crippen molar-refractivity contribution in [3.63, 3.8) is 0 Å². The molecule has 0 spiro atoms. The summed E-state index contributed by atoms with van der Waals surface area (Å²) in [5.74, 6) is 0.664. The lowest BCUT2D eigenvalue weighted by atomic mass is 10.0. The second-order valence-electron chi connectivity index (χ2n) is 5.88. The van der Waals surface area contributed by atoms with E-state index in [1.165, 1.54) is 0 Å². The van der Waals surface area contributed by atoms with Crippen molar-refractivity contribution >= 4 is 10.0 Å². The highest BCUT2D eigenvalue weighted by Crippen LogP contribution is 2.19. The van der Waals surface area contributed by atoms with Crippen molar-refractivity contribution in [1.29, 1.82) is 0 Å². The Bertz CT molecular complexity index is 335. The van der Waals surface area contributed by atoms with Crippen LogP contribution < -0.4 is 5.32 Å². The van der Waals surface area contributed by atoms with Crippen molar-refractivity contribution in [2.75, 3.05) is 25.4 Å². The molecule has 5 heteroatoms. The Kier molecular flexibility index (Phi) is 7.32. The summed E-state index contributed by atoms with van der Waals surface area (Å²) in [6.45, 7) is 8.69. The number of unbranched alkanes of at least 4 members (excludes halogenated alkanes) is 2. The molecule has 0 aromatic carbocycles. The highest BCUT2D eigenvalue weighted by Gasteiger charge is 2.28. The molecular weight excluding hydrogens is 260 g/mol. The maximum atomic E-state index is 12.5. The lowest BCUT2D eigenvalue weighted by molar-refractivity contribution is 0.334. The third-order valence-corrected chi connectivity index (χ3v) is 6.03. The molecule has 0 bridgehead atoms. The average molecular weight is 290 g/mol. The Morgan fingerprint density at radius 1 is 1.21 bits per heavy atom. The molecule has 4 nitrogen and oxygen atoms in total. The number of nitrogens with zero attached hydrogens (tertiary/aromatic N) is 1. The third-order valence-electron chi connectivity index (χ3n) is 3.82. The zero-order valence-corrected chi connectivity index (χ0v) is 13.5. The van der Waals surface area contributed by atoms with Crippen LogP contribution in [0, 0.1) is 5.92 Å². The van der Waals surface area contributed by atoms with E-state index in [1.54, 1.807) is 4.31 Å². The van der Waals surface area contributed by atoms with Gasteiger partial charge in [-0.3, -0.25) is 0 Å². The molecule has 1 rings (SSSR count). The molecular formula is C14H30N2O2S.